The van der Waals surface area contributed by atoms with E-state index in [0.717, 1.165) is 96.2 Å². The zero-order chi connectivity index (χ0) is 46.5. The summed E-state index contributed by atoms with van der Waals surface area (Å²) in [4.78, 5) is 34.0. The molecule has 0 aromatic carbocycles. The third kappa shape index (κ3) is 49.2. The van der Waals surface area contributed by atoms with Crippen molar-refractivity contribution < 1.29 is 19.1 Å². The van der Waals surface area contributed by atoms with E-state index in [9.17, 15) is 9.59 Å². The minimum atomic E-state index is 0.0216. The molecule has 0 aliphatic carbocycles. The summed E-state index contributed by atoms with van der Waals surface area (Å²) in [7, 11) is 3.74. The van der Waals surface area contributed by atoms with Gasteiger partial charge in [0.05, 0.1) is 6.10 Å². The highest BCUT2D eigenvalue weighted by atomic mass is 16.5. The van der Waals surface area contributed by atoms with Gasteiger partial charge in [0.2, 0.25) is 0 Å². The van der Waals surface area contributed by atoms with Gasteiger partial charge >= 0.3 is 5.97 Å². The zero-order valence-corrected chi connectivity index (χ0v) is 42.9. The topological polar surface area (TPSA) is 105 Å². The molecule has 0 spiro atoms. The number of hydrogen-bond donors (Lipinski definition) is 2. The molecule has 0 aromatic heterocycles. The van der Waals surface area contributed by atoms with E-state index in [4.69, 9.17) is 9.47 Å². The first-order chi connectivity index (χ1) is 30.9. The zero-order valence-electron chi connectivity index (χ0n) is 42.9. The number of ether oxygens (including phenoxy) is 2. The number of methoxy groups -OCH3 is 1. The van der Waals surface area contributed by atoms with Crippen molar-refractivity contribution in [2.45, 2.75) is 265 Å². The first-order valence-electron chi connectivity index (χ1n) is 26.9. The van der Waals surface area contributed by atoms with Crippen LogP contribution in [0.15, 0.2) is 21.9 Å². The number of aliphatic imine (C=N–C) groups is 2. The monoisotopic (exact) mass is 890 g/mol. The second kappa shape index (κ2) is 54.2. The number of esters is 1. The van der Waals surface area contributed by atoms with Gasteiger partial charge in [0, 0.05) is 33.0 Å². The summed E-state index contributed by atoms with van der Waals surface area (Å²) in [6, 6.07) is 0. The lowest BCUT2D eigenvalue weighted by Gasteiger charge is -2.22. The number of hydrogen-bond acceptors (Lipinski definition) is 8. The summed E-state index contributed by atoms with van der Waals surface area (Å²) in [6.45, 7) is 17.4. The Kier molecular flexibility index (Phi) is 54.2. The first kappa shape index (κ1) is 63.0. The lowest BCUT2D eigenvalue weighted by atomic mass is 10.0. The van der Waals surface area contributed by atoms with E-state index in [-0.39, 0.29) is 12.1 Å². The average Bonchev–Trinajstić information content (AvgIpc) is 3.29. The van der Waals surface area contributed by atoms with Crippen molar-refractivity contribution in [2.24, 2.45) is 9.98 Å². The summed E-state index contributed by atoms with van der Waals surface area (Å²) in [5, 5.41) is 6.56. The van der Waals surface area contributed by atoms with Gasteiger partial charge in [0.1, 0.15) is 24.5 Å². The minimum absolute atomic E-state index is 0.0216. The molecule has 0 aliphatic heterocycles. The van der Waals surface area contributed by atoms with Crippen LogP contribution in [0, 0.1) is 0 Å². The van der Waals surface area contributed by atoms with Crippen molar-refractivity contribution in [1.29, 1.82) is 0 Å². The van der Waals surface area contributed by atoms with E-state index in [0.29, 0.717) is 18.9 Å². The molecule has 9 heteroatoms. The van der Waals surface area contributed by atoms with E-state index < -0.39 is 0 Å². The lowest BCUT2D eigenvalue weighted by Crippen LogP contribution is -2.29. The molecule has 1 unspecified atom stereocenters. The number of likely N-dealkylation sites (N-methyl/N-ethyl adjacent to an activating group) is 1. The molecule has 0 saturated heterocycles. The van der Waals surface area contributed by atoms with Gasteiger partial charge in [-0.05, 0) is 110 Å². The molecule has 0 aliphatic rings. The molecule has 0 heterocycles. The molecular formula is C54H107N5O4. The van der Waals surface area contributed by atoms with E-state index in [1.165, 1.54) is 167 Å². The fourth-order valence-corrected chi connectivity index (χ4v) is 8.01. The Labute approximate surface area is 392 Å². The molecule has 0 fully saturated rings. The molecule has 9 nitrogen and oxygen atoms in total. The predicted octanol–water partition coefficient (Wildman–Crippen LogP) is 14.5. The van der Waals surface area contributed by atoms with Gasteiger partial charge in [0.15, 0.2) is 0 Å². The standard InChI is InChI=1S/C42H81N5O3.C12H26O/c1-5-7-9-11-16-22-29-40(30-23-17-12-10-8-6-2)50-42(49)31-24-18-15-20-26-36-47(35-25-19-13-14-21-27-38-48)37-28-33-45-41(32-34-43-3)46-39-44-4;1-4-6-7-8-9-10-11-12(5-2)13-3/h32,38-40,43,45H,4-31,33-37H2,1-3H3;12H,4-11H2,1-3H3/b41-32-,46-39-;. The Morgan fingerprint density at radius 2 is 1.08 bits per heavy atom. The summed E-state index contributed by atoms with van der Waals surface area (Å²) in [5.41, 5.74) is 0. The van der Waals surface area contributed by atoms with Crippen LogP contribution in [-0.4, -0.2) is 89.3 Å². The van der Waals surface area contributed by atoms with Gasteiger partial charge in [-0.2, -0.15) is 0 Å². The van der Waals surface area contributed by atoms with Crippen molar-refractivity contribution in [3.8, 4) is 0 Å². The SMILES string of the molecule is C=N/C=N\C(=C/CNC)NCCCN(CCCCCCCC=O)CCCCCCCC(=O)OC(CCCCCCCC)CCCCCCCC.CCCCCCCCC(CC)OC. The van der Waals surface area contributed by atoms with E-state index in [1.807, 2.05) is 20.2 Å². The molecule has 0 saturated carbocycles. The number of unbranched alkanes of at least 4 members (excludes halogenated alkanes) is 24. The van der Waals surface area contributed by atoms with Crippen LogP contribution >= 0.6 is 0 Å². The summed E-state index contributed by atoms with van der Waals surface area (Å²) in [5.74, 6) is 0.844. The molecule has 0 aromatic rings. The number of nitrogens with one attached hydrogen (secondary N) is 2. The van der Waals surface area contributed by atoms with Crippen molar-refractivity contribution in [1.82, 2.24) is 15.5 Å². The van der Waals surface area contributed by atoms with Crippen LogP contribution in [0.5, 0.6) is 0 Å². The number of rotatable bonds is 49. The van der Waals surface area contributed by atoms with Crippen LogP contribution in [0.1, 0.15) is 252 Å². The number of aldehydes is 1. The maximum atomic E-state index is 12.8. The lowest BCUT2D eigenvalue weighted by molar-refractivity contribution is -0.150. The highest BCUT2D eigenvalue weighted by molar-refractivity contribution is 5.69. The molecule has 0 rings (SSSR count). The Balaban J connectivity index is 0. The largest absolute Gasteiger partial charge is 0.462 e. The van der Waals surface area contributed by atoms with Crippen LogP contribution in [-0.2, 0) is 19.1 Å². The van der Waals surface area contributed by atoms with Crippen molar-refractivity contribution in [3.63, 3.8) is 0 Å². The molecule has 372 valence electrons. The second-order valence-corrected chi connectivity index (χ2v) is 18.0. The van der Waals surface area contributed by atoms with E-state index >= 15 is 0 Å². The fraction of sp³-hybridized carbons (Fsp3) is 0.889. The quantitative estimate of drug-likeness (QED) is 0.0206. The molecule has 63 heavy (non-hydrogen) atoms. The normalized spacial score (nSPS) is 12.2. The Morgan fingerprint density at radius 1 is 0.619 bits per heavy atom. The molecule has 0 amide bonds. The first-order valence-corrected chi connectivity index (χ1v) is 26.9. The van der Waals surface area contributed by atoms with E-state index in [2.05, 4.69) is 59.9 Å². The van der Waals surface area contributed by atoms with Crippen molar-refractivity contribution in [3.05, 3.63) is 11.9 Å². The Bertz CT molecular complexity index is 989. The minimum Gasteiger partial charge on any atom is -0.462 e. The van der Waals surface area contributed by atoms with Gasteiger partial charge in [0.25, 0.3) is 0 Å². The second-order valence-electron chi connectivity index (χ2n) is 18.0. The van der Waals surface area contributed by atoms with Crippen LogP contribution < -0.4 is 10.6 Å². The average molecular weight is 890 g/mol. The van der Waals surface area contributed by atoms with Crippen LogP contribution in [0.4, 0.5) is 0 Å². The van der Waals surface area contributed by atoms with Crippen LogP contribution in [0.25, 0.3) is 0 Å². The molecule has 1 atom stereocenters. The highest BCUT2D eigenvalue weighted by Gasteiger charge is 2.14. The van der Waals surface area contributed by atoms with Crippen molar-refractivity contribution in [2.75, 3.05) is 46.9 Å². The summed E-state index contributed by atoms with van der Waals surface area (Å²) in [6.07, 6.45) is 47.1. The number of carbonyl (C=O) groups excluding carboxylic acids is 2. The molecule has 0 bridgehead atoms. The Morgan fingerprint density at radius 3 is 1.56 bits per heavy atom. The summed E-state index contributed by atoms with van der Waals surface area (Å²) < 4.78 is 11.4. The number of nitrogens with zero attached hydrogens (tertiary/aromatic N) is 3. The maximum Gasteiger partial charge on any atom is 0.306 e. The van der Waals surface area contributed by atoms with Crippen LogP contribution in [0.2, 0.25) is 0 Å². The molecular weight excluding hydrogens is 783 g/mol. The van der Waals surface area contributed by atoms with Gasteiger partial charge in [-0.3, -0.25) is 9.79 Å². The third-order valence-electron chi connectivity index (χ3n) is 12.1. The van der Waals surface area contributed by atoms with E-state index in [1.54, 1.807) is 0 Å². The molecule has 2 N–H and O–H groups in total. The van der Waals surface area contributed by atoms with Gasteiger partial charge in [-0.15, -0.1) is 0 Å². The van der Waals surface area contributed by atoms with Crippen LogP contribution in [0.3, 0.4) is 0 Å². The number of carbonyl (C=O) groups is 2. The highest BCUT2D eigenvalue weighted by Crippen LogP contribution is 2.19. The van der Waals surface area contributed by atoms with Crippen molar-refractivity contribution >= 4 is 25.3 Å². The smallest absolute Gasteiger partial charge is 0.306 e. The predicted molar refractivity (Wildman–Crippen MR) is 276 cm³/mol. The molecule has 0 radical (unpaired) electrons. The van der Waals surface area contributed by atoms with Gasteiger partial charge in [-0.1, -0.05) is 169 Å². The Hall–Kier alpha value is -2.10. The maximum absolute atomic E-state index is 12.8. The van der Waals surface area contributed by atoms with Gasteiger partial charge < -0.3 is 29.8 Å². The summed E-state index contributed by atoms with van der Waals surface area (Å²) >= 11 is 0. The third-order valence-corrected chi connectivity index (χ3v) is 12.1. The fourth-order valence-electron chi connectivity index (χ4n) is 8.01. The van der Waals surface area contributed by atoms with Gasteiger partial charge in [-0.25, -0.2) is 4.99 Å².